The summed E-state index contributed by atoms with van der Waals surface area (Å²) in [6.07, 6.45) is 0. The summed E-state index contributed by atoms with van der Waals surface area (Å²) in [5, 5.41) is 10.8. The van der Waals surface area contributed by atoms with E-state index in [1.165, 1.54) is 23.8 Å². The van der Waals surface area contributed by atoms with Gasteiger partial charge >= 0.3 is 0 Å². The number of hydrogen-bond donors (Lipinski definition) is 1. The lowest BCUT2D eigenvalue weighted by molar-refractivity contribution is -0.114. The van der Waals surface area contributed by atoms with Gasteiger partial charge in [-0.25, -0.2) is 4.98 Å². The van der Waals surface area contributed by atoms with E-state index >= 15 is 0 Å². The van der Waals surface area contributed by atoms with Crippen LogP contribution in [-0.2, 0) is 4.79 Å². The molecule has 0 unspecified atom stereocenters. The highest BCUT2D eigenvalue weighted by atomic mass is 35.5. The Morgan fingerprint density at radius 1 is 1.04 bits per heavy atom. The maximum Gasteiger partial charge on any atom is 0.222 e. The van der Waals surface area contributed by atoms with Gasteiger partial charge in [-0.05, 0) is 19.1 Å². The quantitative estimate of drug-likeness (QED) is 0.479. The number of halogens is 1. The molecule has 4 aromatic rings. The number of carbonyl (C=O) groups excluding carboxylic acids is 1. The standard InChI is InChI=1S/C21H17ClN4OS/c1-13-3-5-16(6-4-13)19-12-28-21(24-19)26-20(23-14(2)27)11-18(25-26)15-7-9-17(22)10-8-15/h3-12H,1-2H3,(H,23,27). The number of hydrogen-bond acceptors (Lipinski definition) is 4. The molecule has 0 fully saturated rings. The Kier molecular flexibility index (Phi) is 4.98. The van der Waals surface area contributed by atoms with Gasteiger partial charge in [-0.1, -0.05) is 53.6 Å². The molecular weight excluding hydrogens is 392 g/mol. The van der Waals surface area contributed by atoms with Crippen LogP contribution in [0.3, 0.4) is 0 Å². The zero-order valence-corrected chi connectivity index (χ0v) is 16.9. The average Bonchev–Trinajstić information content (AvgIpc) is 3.30. The molecule has 28 heavy (non-hydrogen) atoms. The van der Waals surface area contributed by atoms with Crippen LogP contribution in [0.15, 0.2) is 60.0 Å². The van der Waals surface area contributed by atoms with Crippen LogP contribution in [0.2, 0.25) is 5.02 Å². The maximum absolute atomic E-state index is 11.7. The Morgan fingerprint density at radius 3 is 2.36 bits per heavy atom. The molecule has 2 heterocycles. The highest BCUT2D eigenvalue weighted by molar-refractivity contribution is 7.12. The Balaban J connectivity index is 1.74. The molecular formula is C21H17ClN4OS. The lowest BCUT2D eigenvalue weighted by atomic mass is 10.1. The zero-order valence-electron chi connectivity index (χ0n) is 15.3. The Labute approximate surface area is 171 Å². The molecule has 0 saturated carbocycles. The summed E-state index contributed by atoms with van der Waals surface area (Å²) >= 11 is 7.45. The minimum Gasteiger partial charge on any atom is -0.311 e. The van der Waals surface area contributed by atoms with Crippen LogP contribution in [0.5, 0.6) is 0 Å². The number of aryl methyl sites for hydroxylation is 1. The van der Waals surface area contributed by atoms with Crippen molar-refractivity contribution < 1.29 is 4.79 Å². The average molecular weight is 409 g/mol. The van der Waals surface area contributed by atoms with Crippen molar-refractivity contribution in [2.75, 3.05) is 5.32 Å². The fourth-order valence-corrected chi connectivity index (χ4v) is 3.70. The predicted molar refractivity (Wildman–Crippen MR) is 114 cm³/mol. The second kappa shape index (κ2) is 7.58. The van der Waals surface area contributed by atoms with E-state index in [9.17, 15) is 4.79 Å². The van der Waals surface area contributed by atoms with Crippen molar-refractivity contribution in [1.82, 2.24) is 14.8 Å². The molecule has 2 aromatic heterocycles. The molecule has 0 radical (unpaired) electrons. The maximum atomic E-state index is 11.7. The summed E-state index contributed by atoms with van der Waals surface area (Å²) in [5.74, 6) is 0.404. The molecule has 140 valence electrons. The van der Waals surface area contributed by atoms with E-state index in [0.717, 1.165) is 22.5 Å². The monoisotopic (exact) mass is 408 g/mol. The van der Waals surface area contributed by atoms with Gasteiger partial charge in [0.25, 0.3) is 0 Å². The topological polar surface area (TPSA) is 59.8 Å². The van der Waals surface area contributed by atoms with Crippen molar-refractivity contribution in [3.05, 3.63) is 70.6 Å². The minimum atomic E-state index is -0.167. The normalized spacial score (nSPS) is 10.8. The predicted octanol–water partition coefficient (Wildman–Crippen LogP) is 5.58. The first-order chi connectivity index (χ1) is 13.5. The first-order valence-electron chi connectivity index (χ1n) is 8.66. The molecule has 0 saturated heterocycles. The molecule has 2 aromatic carbocycles. The highest BCUT2D eigenvalue weighted by Gasteiger charge is 2.15. The first kappa shape index (κ1) is 18.4. The molecule has 1 amide bonds. The molecule has 7 heteroatoms. The van der Waals surface area contributed by atoms with Crippen LogP contribution in [0.4, 0.5) is 5.82 Å². The Morgan fingerprint density at radius 2 is 1.68 bits per heavy atom. The molecule has 0 atom stereocenters. The second-order valence-electron chi connectivity index (χ2n) is 6.40. The number of nitrogens with one attached hydrogen (secondary N) is 1. The lowest BCUT2D eigenvalue weighted by Gasteiger charge is -2.03. The van der Waals surface area contributed by atoms with Gasteiger partial charge < -0.3 is 5.32 Å². The van der Waals surface area contributed by atoms with Gasteiger partial charge in [0.2, 0.25) is 11.0 Å². The zero-order chi connectivity index (χ0) is 19.7. The summed E-state index contributed by atoms with van der Waals surface area (Å²) < 4.78 is 1.66. The summed E-state index contributed by atoms with van der Waals surface area (Å²) in [6, 6.07) is 17.5. The van der Waals surface area contributed by atoms with E-state index in [1.54, 1.807) is 4.68 Å². The number of benzene rings is 2. The van der Waals surface area contributed by atoms with Crippen molar-refractivity contribution in [2.24, 2.45) is 0 Å². The van der Waals surface area contributed by atoms with Gasteiger partial charge in [0, 0.05) is 34.5 Å². The van der Waals surface area contributed by atoms with Crippen LogP contribution >= 0.6 is 22.9 Å². The van der Waals surface area contributed by atoms with E-state index < -0.39 is 0 Å². The van der Waals surface area contributed by atoms with Crippen LogP contribution in [0, 0.1) is 6.92 Å². The molecule has 0 aliphatic carbocycles. The van der Waals surface area contributed by atoms with Gasteiger partial charge in [0.05, 0.1) is 11.4 Å². The lowest BCUT2D eigenvalue weighted by Crippen LogP contribution is -2.10. The van der Waals surface area contributed by atoms with Crippen molar-refractivity contribution in [3.8, 4) is 27.6 Å². The van der Waals surface area contributed by atoms with Gasteiger partial charge in [-0.15, -0.1) is 11.3 Å². The number of thiazole rings is 1. The Bertz CT molecular complexity index is 1130. The largest absolute Gasteiger partial charge is 0.311 e. The third kappa shape index (κ3) is 3.83. The number of rotatable bonds is 4. The number of carbonyl (C=O) groups is 1. The fourth-order valence-electron chi connectivity index (χ4n) is 2.78. The van der Waals surface area contributed by atoms with E-state index in [0.29, 0.717) is 16.0 Å². The summed E-state index contributed by atoms with van der Waals surface area (Å²) in [6.45, 7) is 3.52. The number of aromatic nitrogens is 3. The first-order valence-corrected chi connectivity index (χ1v) is 9.92. The fraction of sp³-hybridized carbons (Fsp3) is 0.0952. The van der Waals surface area contributed by atoms with Crippen LogP contribution in [0.1, 0.15) is 12.5 Å². The molecule has 1 N–H and O–H groups in total. The highest BCUT2D eigenvalue weighted by Crippen LogP contribution is 2.29. The molecule has 5 nitrogen and oxygen atoms in total. The third-order valence-corrected chi connectivity index (χ3v) is 5.24. The molecule has 0 aliphatic rings. The number of amides is 1. The van der Waals surface area contributed by atoms with E-state index in [1.807, 2.05) is 47.8 Å². The third-order valence-electron chi connectivity index (χ3n) is 4.17. The van der Waals surface area contributed by atoms with Crippen LogP contribution < -0.4 is 5.32 Å². The Hall–Kier alpha value is -2.96. The molecule has 0 aliphatic heterocycles. The molecule has 0 bridgehead atoms. The number of nitrogens with zero attached hydrogens (tertiary/aromatic N) is 3. The smallest absolute Gasteiger partial charge is 0.222 e. The molecule has 0 spiro atoms. The second-order valence-corrected chi connectivity index (χ2v) is 7.67. The van der Waals surface area contributed by atoms with Gasteiger partial charge in [0.1, 0.15) is 5.82 Å². The minimum absolute atomic E-state index is 0.167. The van der Waals surface area contributed by atoms with Crippen molar-refractivity contribution in [2.45, 2.75) is 13.8 Å². The van der Waals surface area contributed by atoms with Crippen molar-refractivity contribution in [1.29, 1.82) is 0 Å². The van der Waals surface area contributed by atoms with E-state index in [2.05, 4.69) is 29.5 Å². The summed E-state index contributed by atoms with van der Waals surface area (Å²) in [5.41, 5.74) is 4.75. The van der Waals surface area contributed by atoms with E-state index in [-0.39, 0.29) is 5.91 Å². The van der Waals surface area contributed by atoms with Crippen molar-refractivity contribution in [3.63, 3.8) is 0 Å². The molecule has 4 rings (SSSR count). The van der Waals surface area contributed by atoms with Gasteiger partial charge in [0.15, 0.2) is 0 Å². The van der Waals surface area contributed by atoms with Gasteiger partial charge in [-0.2, -0.15) is 9.78 Å². The van der Waals surface area contributed by atoms with Crippen LogP contribution in [0.25, 0.3) is 27.6 Å². The summed E-state index contributed by atoms with van der Waals surface area (Å²) in [4.78, 5) is 16.4. The van der Waals surface area contributed by atoms with Gasteiger partial charge in [-0.3, -0.25) is 4.79 Å². The van der Waals surface area contributed by atoms with Crippen molar-refractivity contribution >= 4 is 34.7 Å². The van der Waals surface area contributed by atoms with E-state index in [4.69, 9.17) is 16.6 Å². The van der Waals surface area contributed by atoms with Crippen LogP contribution in [-0.4, -0.2) is 20.7 Å². The number of anilines is 1. The summed E-state index contributed by atoms with van der Waals surface area (Å²) in [7, 11) is 0. The SMILES string of the molecule is CC(=O)Nc1cc(-c2ccc(Cl)cc2)nn1-c1nc(-c2ccc(C)cc2)cs1.